The Kier molecular flexibility index (Phi) is 5.87. The van der Waals surface area contributed by atoms with Crippen molar-refractivity contribution in [3.05, 3.63) is 56.9 Å². The quantitative estimate of drug-likeness (QED) is 0.685. The molecule has 6 nitrogen and oxygen atoms in total. The van der Waals surface area contributed by atoms with Gasteiger partial charge in [0.15, 0.2) is 5.78 Å². The summed E-state index contributed by atoms with van der Waals surface area (Å²) < 4.78 is 12.7. The Labute approximate surface area is 166 Å². The molecule has 2 aromatic rings. The lowest BCUT2D eigenvalue weighted by Crippen LogP contribution is -2.12. The number of ketones is 1. The minimum Gasteiger partial charge on any atom is -0.473 e. The normalized spacial score (nSPS) is 14.1. The van der Waals surface area contributed by atoms with Gasteiger partial charge in [0, 0.05) is 42.6 Å². The number of aromatic nitrogens is 2. The highest BCUT2D eigenvalue weighted by molar-refractivity contribution is 6.38. The molecule has 27 heavy (non-hydrogen) atoms. The summed E-state index contributed by atoms with van der Waals surface area (Å²) in [5.74, 6) is 0.228. The molecule has 0 spiro atoms. The van der Waals surface area contributed by atoms with E-state index in [-0.39, 0.29) is 23.0 Å². The maximum atomic E-state index is 12.5. The van der Waals surface area contributed by atoms with E-state index in [1.54, 1.807) is 23.9 Å². The third kappa shape index (κ3) is 4.51. The SMILES string of the molecule is Cc1cc(OCc2c(Cl)ccc(C(=O)OC3=CC(=O)CCC3)c2Cl)n(C)n1. The van der Waals surface area contributed by atoms with E-state index in [0.29, 0.717) is 41.5 Å². The van der Waals surface area contributed by atoms with E-state index >= 15 is 0 Å². The summed E-state index contributed by atoms with van der Waals surface area (Å²) in [5.41, 5.74) is 1.46. The lowest BCUT2D eigenvalue weighted by molar-refractivity contribution is -0.115. The summed E-state index contributed by atoms with van der Waals surface area (Å²) in [5, 5.41) is 4.74. The number of carbonyl (C=O) groups excluding carboxylic acids is 2. The Balaban J connectivity index is 1.79. The lowest BCUT2D eigenvalue weighted by Gasteiger charge is -2.15. The average molecular weight is 409 g/mol. The molecule has 1 aliphatic rings. The Morgan fingerprint density at radius 2 is 2.07 bits per heavy atom. The molecule has 0 N–H and O–H groups in total. The highest BCUT2D eigenvalue weighted by Crippen LogP contribution is 2.31. The van der Waals surface area contributed by atoms with E-state index in [4.69, 9.17) is 32.7 Å². The summed E-state index contributed by atoms with van der Waals surface area (Å²) in [6, 6.07) is 4.85. The first-order valence-electron chi connectivity index (χ1n) is 8.41. The van der Waals surface area contributed by atoms with Gasteiger partial charge in [0.1, 0.15) is 12.4 Å². The van der Waals surface area contributed by atoms with Gasteiger partial charge in [-0.15, -0.1) is 0 Å². The fourth-order valence-corrected chi connectivity index (χ4v) is 3.33. The minimum atomic E-state index is -0.629. The van der Waals surface area contributed by atoms with E-state index in [1.165, 1.54) is 12.1 Å². The molecule has 0 amide bonds. The van der Waals surface area contributed by atoms with E-state index < -0.39 is 5.97 Å². The fraction of sp³-hybridized carbons (Fsp3) is 0.316. The second-order valence-corrected chi connectivity index (χ2v) is 7.03. The summed E-state index contributed by atoms with van der Waals surface area (Å²) in [6.07, 6.45) is 3.03. The molecular weight excluding hydrogens is 391 g/mol. The maximum Gasteiger partial charge on any atom is 0.344 e. The number of halogens is 2. The van der Waals surface area contributed by atoms with Crippen LogP contribution in [0.1, 0.15) is 40.9 Å². The van der Waals surface area contributed by atoms with Gasteiger partial charge in [0.05, 0.1) is 16.3 Å². The molecular formula is C19H18Cl2N2O4. The Bertz CT molecular complexity index is 934. The Morgan fingerprint density at radius 3 is 2.74 bits per heavy atom. The molecule has 0 unspecified atom stereocenters. The summed E-state index contributed by atoms with van der Waals surface area (Å²) in [4.78, 5) is 24.0. The molecule has 1 aromatic heterocycles. The number of ether oxygens (including phenoxy) is 2. The maximum absolute atomic E-state index is 12.5. The van der Waals surface area contributed by atoms with E-state index in [9.17, 15) is 9.59 Å². The standard InChI is InChI=1S/C19H18Cl2N2O4/c1-11-8-17(23(2)22-11)26-10-15-16(20)7-6-14(18(15)21)19(25)27-13-5-3-4-12(24)9-13/h6-9H,3-5,10H2,1-2H3. The smallest absolute Gasteiger partial charge is 0.344 e. The first-order valence-corrected chi connectivity index (χ1v) is 9.16. The van der Waals surface area contributed by atoms with Crippen molar-refractivity contribution in [1.82, 2.24) is 9.78 Å². The van der Waals surface area contributed by atoms with Crippen molar-refractivity contribution in [1.29, 1.82) is 0 Å². The van der Waals surface area contributed by atoms with Crippen LogP contribution in [0.5, 0.6) is 5.88 Å². The van der Waals surface area contributed by atoms with Crippen molar-refractivity contribution in [2.45, 2.75) is 32.8 Å². The number of rotatable bonds is 5. The lowest BCUT2D eigenvalue weighted by atomic mass is 10.1. The van der Waals surface area contributed by atoms with Crippen LogP contribution < -0.4 is 4.74 Å². The summed E-state index contributed by atoms with van der Waals surface area (Å²) in [7, 11) is 1.76. The molecule has 0 fully saturated rings. The molecule has 1 heterocycles. The van der Waals surface area contributed by atoms with Gasteiger partial charge in [-0.1, -0.05) is 23.2 Å². The van der Waals surface area contributed by atoms with E-state index in [2.05, 4.69) is 5.10 Å². The predicted octanol–water partition coefficient (Wildman–Crippen LogP) is 4.41. The van der Waals surface area contributed by atoms with Crippen LogP contribution in [0.3, 0.4) is 0 Å². The number of hydrogen-bond donors (Lipinski definition) is 0. The molecule has 0 atom stereocenters. The van der Waals surface area contributed by atoms with Crippen LogP contribution >= 0.6 is 23.2 Å². The topological polar surface area (TPSA) is 70.4 Å². The predicted molar refractivity (Wildman–Crippen MR) is 101 cm³/mol. The zero-order valence-electron chi connectivity index (χ0n) is 14.9. The number of esters is 1. The van der Waals surface area contributed by atoms with Gasteiger partial charge < -0.3 is 9.47 Å². The first kappa shape index (κ1) is 19.5. The van der Waals surface area contributed by atoms with Crippen molar-refractivity contribution >= 4 is 35.0 Å². The van der Waals surface area contributed by atoms with Gasteiger partial charge in [-0.2, -0.15) is 5.10 Å². The van der Waals surface area contributed by atoms with Crippen LogP contribution in [0.15, 0.2) is 30.0 Å². The van der Waals surface area contributed by atoms with Crippen LogP contribution in [0, 0.1) is 6.92 Å². The molecule has 0 saturated carbocycles. The summed E-state index contributed by atoms with van der Waals surface area (Å²) in [6.45, 7) is 1.92. The number of hydrogen-bond acceptors (Lipinski definition) is 5. The zero-order chi connectivity index (χ0) is 19.6. The number of nitrogens with zero attached hydrogens (tertiary/aromatic N) is 2. The van der Waals surface area contributed by atoms with Crippen LogP contribution in [0.2, 0.25) is 10.0 Å². The number of benzene rings is 1. The van der Waals surface area contributed by atoms with Crippen molar-refractivity contribution in [2.24, 2.45) is 7.05 Å². The van der Waals surface area contributed by atoms with Crippen LogP contribution in [0.25, 0.3) is 0 Å². The third-order valence-corrected chi connectivity index (χ3v) is 4.91. The molecule has 3 rings (SSSR count). The highest BCUT2D eigenvalue weighted by atomic mass is 35.5. The van der Waals surface area contributed by atoms with Crippen molar-refractivity contribution in [2.75, 3.05) is 0 Å². The van der Waals surface area contributed by atoms with Crippen LogP contribution in [-0.2, 0) is 23.2 Å². The molecule has 142 valence electrons. The molecule has 0 aliphatic heterocycles. The summed E-state index contributed by atoms with van der Waals surface area (Å²) >= 11 is 12.6. The second kappa shape index (κ2) is 8.15. The monoisotopic (exact) mass is 408 g/mol. The first-order chi connectivity index (χ1) is 12.8. The molecule has 1 aromatic carbocycles. The number of allylic oxidation sites excluding steroid dienone is 2. The van der Waals surface area contributed by atoms with Gasteiger partial charge in [0.25, 0.3) is 0 Å². The van der Waals surface area contributed by atoms with Gasteiger partial charge in [0.2, 0.25) is 5.88 Å². The molecule has 0 radical (unpaired) electrons. The van der Waals surface area contributed by atoms with Crippen molar-refractivity contribution < 1.29 is 19.1 Å². The largest absolute Gasteiger partial charge is 0.473 e. The van der Waals surface area contributed by atoms with E-state index in [0.717, 1.165) is 5.69 Å². The van der Waals surface area contributed by atoms with Crippen LogP contribution in [-0.4, -0.2) is 21.5 Å². The molecule has 0 saturated heterocycles. The van der Waals surface area contributed by atoms with E-state index in [1.807, 2.05) is 6.92 Å². The van der Waals surface area contributed by atoms with Gasteiger partial charge in [-0.05, 0) is 25.5 Å². The van der Waals surface area contributed by atoms with Crippen molar-refractivity contribution in [3.8, 4) is 5.88 Å². The molecule has 8 heteroatoms. The minimum absolute atomic E-state index is 0.0492. The van der Waals surface area contributed by atoms with Gasteiger partial charge >= 0.3 is 5.97 Å². The second-order valence-electron chi connectivity index (χ2n) is 6.24. The highest BCUT2D eigenvalue weighted by Gasteiger charge is 2.21. The molecule has 0 bridgehead atoms. The molecule has 1 aliphatic carbocycles. The van der Waals surface area contributed by atoms with Crippen molar-refractivity contribution in [3.63, 3.8) is 0 Å². The Hall–Kier alpha value is -2.31. The van der Waals surface area contributed by atoms with Gasteiger partial charge in [-0.25, -0.2) is 9.48 Å². The third-order valence-electron chi connectivity index (χ3n) is 4.12. The average Bonchev–Trinajstić information content (AvgIpc) is 2.92. The fourth-order valence-electron chi connectivity index (χ4n) is 2.77. The number of aryl methyl sites for hydroxylation is 2. The zero-order valence-corrected chi connectivity index (χ0v) is 16.4. The Morgan fingerprint density at radius 1 is 1.30 bits per heavy atom. The van der Waals surface area contributed by atoms with Gasteiger partial charge in [-0.3, -0.25) is 4.79 Å². The van der Waals surface area contributed by atoms with Crippen LogP contribution in [0.4, 0.5) is 0 Å². The number of carbonyl (C=O) groups is 2.